The van der Waals surface area contributed by atoms with Crippen molar-refractivity contribution < 1.29 is 14.6 Å². The second kappa shape index (κ2) is 10.2. The summed E-state index contributed by atoms with van der Waals surface area (Å²) in [5.41, 5.74) is 4.74. The van der Waals surface area contributed by atoms with Crippen LogP contribution in [0.4, 0.5) is 11.4 Å². The fraction of sp³-hybridized carbons (Fsp3) is 0.308. The number of carboxylic acids is 1. The van der Waals surface area contributed by atoms with Crippen molar-refractivity contribution in [1.82, 2.24) is 4.98 Å². The highest BCUT2D eigenvalue weighted by molar-refractivity contribution is 5.72. The number of piperazine rings is 1. The summed E-state index contributed by atoms with van der Waals surface area (Å²) in [4.78, 5) is 20.3. The van der Waals surface area contributed by atoms with Gasteiger partial charge in [-0.3, -0.25) is 4.98 Å². The zero-order valence-electron chi connectivity index (χ0n) is 18.4. The molecule has 0 radical (unpaired) electrons. The summed E-state index contributed by atoms with van der Waals surface area (Å²) in [6.45, 7) is 5.52. The van der Waals surface area contributed by atoms with Crippen LogP contribution in [0.2, 0.25) is 0 Å². The Bertz CT molecular complexity index is 1020. The summed E-state index contributed by atoms with van der Waals surface area (Å²) in [7, 11) is 0. The quantitative estimate of drug-likeness (QED) is 0.576. The fourth-order valence-corrected chi connectivity index (χ4v) is 4.13. The van der Waals surface area contributed by atoms with Crippen LogP contribution in [0.15, 0.2) is 73.1 Å². The van der Waals surface area contributed by atoms with Gasteiger partial charge in [0, 0.05) is 49.9 Å². The number of benzene rings is 2. The molecule has 1 fully saturated rings. The average molecular weight is 432 g/mol. The maximum Gasteiger partial charge on any atom is 0.344 e. The zero-order chi connectivity index (χ0) is 22.3. The minimum Gasteiger partial charge on any atom is -0.479 e. The van der Waals surface area contributed by atoms with Gasteiger partial charge in [0.05, 0.1) is 0 Å². The van der Waals surface area contributed by atoms with Gasteiger partial charge in [0.1, 0.15) is 5.75 Å². The van der Waals surface area contributed by atoms with Crippen LogP contribution in [-0.2, 0) is 11.2 Å². The third-order valence-electron chi connectivity index (χ3n) is 5.86. The molecule has 1 N–H and O–H groups in total. The second-order valence-corrected chi connectivity index (χ2v) is 7.99. The molecule has 32 heavy (non-hydrogen) atoms. The van der Waals surface area contributed by atoms with E-state index in [9.17, 15) is 9.90 Å². The molecular formula is C26H29N3O3. The van der Waals surface area contributed by atoms with E-state index >= 15 is 0 Å². The van der Waals surface area contributed by atoms with Gasteiger partial charge in [0.2, 0.25) is 0 Å². The first-order chi connectivity index (χ1) is 15.6. The summed E-state index contributed by atoms with van der Waals surface area (Å²) < 4.78 is 5.79. The molecule has 1 unspecified atom stereocenters. The lowest BCUT2D eigenvalue weighted by Crippen LogP contribution is -2.46. The van der Waals surface area contributed by atoms with Crippen LogP contribution >= 0.6 is 0 Å². The SMILES string of the molecule is CCC(Oc1ccc(N2CCN(c3ccncc3)CC2)c(Cc2ccccc2)c1)C(=O)O. The number of rotatable bonds is 8. The Labute approximate surface area is 189 Å². The first kappa shape index (κ1) is 21.7. The lowest BCUT2D eigenvalue weighted by atomic mass is 10.0. The highest BCUT2D eigenvalue weighted by Gasteiger charge is 2.22. The Hall–Kier alpha value is -3.54. The molecule has 6 nitrogen and oxygen atoms in total. The molecule has 2 heterocycles. The van der Waals surface area contributed by atoms with Gasteiger partial charge >= 0.3 is 5.97 Å². The molecule has 0 saturated carbocycles. The van der Waals surface area contributed by atoms with E-state index in [4.69, 9.17) is 4.74 Å². The van der Waals surface area contributed by atoms with E-state index in [1.165, 1.54) is 16.9 Å². The van der Waals surface area contributed by atoms with Gasteiger partial charge in [0.15, 0.2) is 6.10 Å². The number of nitrogens with zero attached hydrogens (tertiary/aromatic N) is 3. The zero-order valence-corrected chi connectivity index (χ0v) is 18.4. The number of ether oxygens (including phenoxy) is 1. The Kier molecular flexibility index (Phi) is 6.90. The molecule has 0 bridgehead atoms. The molecule has 0 amide bonds. The maximum absolute atomic E-state index is 11.4. The fourth-order valence-electron chi connectivity index (χ4n) is 4.13. The normalized spacial score (nSPS) is 14.8. The van der Waals surface area contributed by atoms with Crippen molar-refractivity contribution in [2.24, 2.45) is 0 Å². The van der Waals surface area contributed by atoms with Crippen LogP contribution in [0.5, 0.6) is 5.75 Å². The number of hydrogen-bond acceptors (Lipinski definition) is 5. The van der Waals surface area contributed by atoms with Crippen molar-refractivity contribution in [3.8, 4) is 5.75 Å². The van der Waals surface area contributed by atoms with Crippen LogP contribution < -0.4 is 14.5 Å². The monoisotopic (exact) mass is 431 g/mol. The van der Waals surface area contributed by atoms with E-state index in [-0.39, 0.29) is 0 Å². The molecule has 1 aliphatic rings. The number of carbonyl (C=O) groups is 1. The molecule has 0 aliphatic carbocycles. The standard InChI is InChI=1S/C26H29N3O3/c1-2-25(26(30)31)32-23-8-9-24(21(19-23)18-20-6-4-3-5-7-20)29-16-14-28(15-17-29)22-10-12-27-13-11-22/h3-13,19,25H,2,14-18H2,1H3,(H,30,31). The van der Waals surface area contributed by atoms with Gasteiger partial charge in [-0.1, -0.05) is 37.3 Å². The van der Waals surface area contributed by atoms with Crippen LogP contribution in [0.3, 0.4) is 0 Å². The van der Waals surface area contributed by atoms with E-state index in [1.54, 1.807) is 0 Å². The number of aromatic nitrogens is 1. The van der Waals surface area contributed by atoms with E-state index in [0.29, 0.717) is 12.2 Å². The topological polar surface area (TPSA) is 65.9 Å². The third-order valence-corrected chi connectivity index (χ3v) is 5.86. The number of hydrogen-bond donors (Lipinski definition) is 1. The van der Waals surface area contributed by atoms with Crippen LogP contribution in [0.1, 0.15) is 24.5 Å². The highest BCUT2D eigenvalue weighted by atomic mass is 16.5. The summed E-state index contributed by atoms with van der Waals surface area (Å²) in [6.07, 6.45) is 4.01. The van der Waals surface area contributed by atoms with Gasteiger partial charge in [0.25, 0.3) is 0 Å². The predicted molar refractivity (Wildman–Crippen MR) is 127 cm³/mol. The van der Waals surface area contributed by atoms with E-state index in [1.807, 2.05) is 49.6 Å². The van der Waals surface area contributed by atoms with Crippen molar-refractivity contribution >= 4 is 17.3 Å². The van der Waals surface area contributed by atoms with E-state index in [0.717, 1.165) is 38.2 Å². The molecule has 166 valence electrons. The largest absolute Gasteiger partial charge is 0.479 e. The summed E-state index contributed by atoms with van der Waals surface area (Å²) >= 11 is 0. The summed E-state index contributed by atoms with van der Waals surface area (Å²) in [5.74, 6) is -0.335. The highest BCUT2D eigenvalue weighted by Crippen LogP contribution is 2.30. The van der Waals surface area contributed by atoms with Gasteiger partial charge in [-0.25, -0.2) is 4.79 Å². The summed E-state index contributed by atoms with van der Waals surface area (Å²) in [6, 6.07) is 20.4. The van der Waals surface area contributed by atoms with Crippen molar-refractivity contribution in [2.75, 3.05) is 36.0 Å². The van der Waals surface area contributed by atoms with E-state index in [2.05, 4.69) is 45.1 Å². The predicted octanol–water partition coefficient (Wildman–Crippen LogP) is 4.24. The molecule has 1 aliphatic heterocycles. The molecule has 6 heteroatoms. The molecule has 0 spiro atoms. The number of aliphatic carboxylic acids is 1. The maximum atomic E-state index is 11.4. The van der Waals surface area contributed by atoms with Crippen molar-refractivity contribution in [3.05, 3.63) is 84.2 Å². The minimum absolute atomic E-state index is 0.419. The van der Waals surface area contributed by atoms with Crippen LogP contribution in [-0.4, -0.2) is 48.3 Å². The first-order valence-corrected chi connectivity index (χ1v) is 11.1. The Morgan fingerprint density at radius 1 is 1.00 bits per heavy atom. The van der Waals surface area contributed by atoms with Crippen molar-refractivity contribution in [3.63, 3.8) is 0 Å². The van der Waals surface area contributed by atoms with Gasteiger partial charge < -0.3 is 19.6 Å². The van der Waals surface area contributed by atoms with E-state index < -0.39 is 12.1 Å². The van der Waals surface area contributed by atoms with Gasteiger partial charge in [-0.05, 0) is 54.3 Å². The van der Waals surface area contributed by atoms with Crippen molar-refractivity contribution in [2.45, 2.75) is 25.9 Å². The lowest BCUT2D eigenvalue weighted by Gasteiger charge is -2.38. The van der Waals surface area contributed by atoms with Crippen LogP contribution in [0.25, 0.3) is 0 Å². The molecule has 4 rings (SSSR count). The first-order valence-electron chi connectivity index (χ1n) is 11.1. The van der Waals surface area contributed by atoms with Gasteiger partial charge in [-0.2, -0.15) is 0 Å². The minimum atomic E-state index is -0.937. The molecule has 2 aromatic carbocycles. The third kappa shape index (κ3) is 5.19. The number of anilines is 2. The molecule has 1 atom stereocenters. The van der Waals surface area contributed by atoms with Crippen molar-refractivity contribution in [1.29, 1.82) is 0 Å². The lowest BCUT2D eigenvalue weighted by molar-refractivity contribution is -0.145. The Balaban J connectivity index is 1.55. The molecule has 3 aromatic rings. The van der Waals surface area contributed by atoms with Crippen LogP contribution in [0, 0.1) is 0 Å². The van der Waals surface area contributed by atoms with Gasteiger partial charge in [-0.15, -0.1) is 0 Å². The molecule has 1 aromatic heterocycles. The second-order valence-electron chi connectivity index (χ2n) is 7.99. The average Bonchev–Trinajstić information content (AvgIpc) is 2.84. The number of pyridine rings is 1. The number of carboxylic acid groups (broad SMARTS) is 1. The summed E-state index contributed by atoms with van der Waals surface area (Å²) in [5, 5.41) is 9.37. The Morgan fingerprint density at radius 3 is 2.34 bits per heavy atom. The smallest absolute Gasteiger partial charge is 0.344 e. The Morgan fingerprint density at radius 2 is 1.69 bits per heavy atom. The molecule has 1 saturated heterocycles. The molecular weight excluding hydrogens is 402 g/mol.